The second-order valence-electron chi connectivity index (χ2n) is 5.09. The summed E-state index contributed by atoms with van der Waals surface area (Å²) in [5.74, 6) is -0.168. The van der Waals surface area contributed by atoms with Crippen molar-refractivity contribution < 1.29 is 9.72 Å². The number of hydrogen-bond acceptors (Lipinski definition) is 4. The Morgan fingerprint density at radius 2 is 2.25 bits per heavy atom. The molecule has 1 aromatic rings. The summed E-state index contributed by atoms with van der Waals surface area (Å²) in [6, 6.07) is 4.30. The van der Waals surface area contributed by atoms with Crippen molar-refractivity contribution in [3.8, 4) is 0 Å². The normalized spacial score (nSPS) is 22.3. The maximum absolute atomic E-state index is 12.4. The molecule has 0 spiro atoms. The number of piperidine rings is 1. The van der Waals surface area contributed by atoms with Gasteiger partial charge in [-0.05, 0) is 54.7 Å². The molecule has 1 fully saturated rings. The highest BCUT2D eigenvalue weighted by atomic mass is 79.9. The number of nitrogens with zero attached hydrogens (tertiary/aromatic N) is 1. The molecule has 2 N–H and O–H groups in total. The van der Waals surface area contributed by atoms with E-state index in [1.165, 1.54) is 12.1 Å². The van der Waals surface area contributed by atoms with Crippen molar-refractivity contribution in [3.05, 3.63) is 32.8 Å². The summed E-state index contributed by atoms with van der Waals surface area (Å²) in [7, 11) is 0. The minimum atomic E-state index is -0.623. The predicted molar refractivity (Wildman–Crippen MR) is 79.7 cm³/mol. The second kappa shape index (κ2) is 5.88. The number of hydrogen-bond donors (Lipinski definition) is 2. The Bertz CT molecular complexity index is 542. The van der Waals surface area contributed by atoms with Gasteiger partial charge >= 0.3 is 0 Å². The summed E-state index contributed by atoms with van der Waals surface area (Å²) >= 11 is 3.29. The highest BCUT2D eigenvalue weighted by Gasteiger charge is 2.34. The van der Waals surface area contributed by atoms with Crippen LogP contribution in [0.15, 0.2) is 22.7 Å². The molecule has 0 bridgehead atoms. The minimum absolute atomic E-state index is 0.0507. The predicted octanol–water partition coefficient (Wildman–Crippen LogP) is 2.83. The number of rotatable bonds is 3. The van der Waals surface area contributed by atoms with Crippen LogP contribution in [0.2, 0.25) is 0 Å². The van der Waals surface area contributed by atoms with Crippen molar-refractivity contribution >= 4 is 33.2 Å². The van der Waals surface area contributed by atoms with Crippen LogP contribution in [0.1, 0.15) is 26.2 Å². The molecule has 1 unspecified atom stereocenters. The van der Waals surface area contributed by atoms with Crippen LogP contribution in [0.25, 0.3) is 0 Å². The SMILES string of the molecule is CC1(C(=O)Nc2cc([N+](=O)[O-])ccc2Br)CCCCN1. The van der Waals surface area contributed by atoms with Gasteiger partial charge in [0, 0.05) is 16.6 Å². The third-order valence-corrected chi connectivity index (χ3v) is 4.22. The van der Waals surface area contributed by atoms with E-state index in [9.17, 15) is 14.9 Å². The van der Waals surface area contributed by atoms with E-state index >= 15 is 0 Å². The zero-order valence-corrected chi connectivity index (χ0v) is 12.7. The molecule has 1 amide bonds. The highest BCUT2D eigenvalue weighted by molar-refractivity contribution is 9.10. The Labute approximate surface area is 125 Å². The van der Waals surface area contributed by atoms with Gasteiger partial charge in [0.05, 0.1) is 16.1 Å². The fourth-order valence-corrected chi connectivity index (χ4v) is 2.58. The van der Waals surface area contributed by atoms with Crippen molar-refractivity contribution in [1.82, 2.24) is 5.32 Å². The first-order valence-electron chi connectivity index (χ1n) is 6.43. The lowest BCUT2D eigenvalue weighted by Crippen LogP contribution is -2.54. The maximum Gasteiger partial charge on any atom is 0.271 e. The van der Waals surface area contributed by atoms with Crippen LogP contribution in [0.4, 0.5) is 11.4 Å². The molecule has 1 aliphatic rings. The van der Waals surface area contributed by atoms with Crippen molar-refractivity contribution in [2.45, 2.75) is 31.7 Å². The van der Waals surface area contributed by atoms with Gasteiger partial charge < -0.3 is 10.6 Å². The summed E-state index contributed by atoms with van der Waals surface area (Å²) in [6.45, 7) is 2.66. The number of nitrogens with one attached hydrogen (secondary N) is 2. The molecule has 0 aromatic heterocycles. The number of anilines is 1. The van der Waals surface area contributed by atoms with Gasteiger partial charge in [0.25, 0.3) is 5.69 Å². The summed E-state index contributed by atoms with van der Waals surface area (Å²) in [6.07, 6.45) is 2.81. The molecule has 1 atom stereocenters. The van der Waals surface area contributed by atoms with Gasteiger partial charge in [-0.1, -0.05) is 0 Å². The Balaban J connectivity index is 2.18. The third-order valence-electron chi connectivity index (χ3n) is 3.53. The zero-order valence-electron chi connectivity index (χ0n) is 11.1. The number of non-ortho nitro benzene ring substituents is 1. The van der Waals surface area contributed by atoms with Crippen LogP contribution in [0.5, 0.6) is 0 Å². The molecule has 20 heavy (non-hydrogen) atoms. The second-order valence-corrected chi connectivity index (χ2v) is 5.95. The Hall–Kier alpha value is -1.47. The van der Waals surface area contributed by atoms with Crippen molar-refractivity contribution in [3.63, 3.8) is 0 Å². The Morgan fingerprint density at radius 1 is 1.50 bits per heavy atom. The topological polar surface area (TPSA) is 84.3 Å². The Morgan fingerprint density at radius 3 is 2.85 bits per heavy atom. The van der Waals surface area contributed by atoms with Gasteiger partial charge in [-0.25, -0.2) is 0 Å². The van der Waals surface area contributed by atoms with Gasteiger partial charge in [0.15, 0.2) is 0 Å². The van der Waals surface area contributed by atoms with Gasteiger partial charge in [-0.2, -0.15) is 0 Å². The molecular weight excluding hydrogens is 326 g/mol. The average molecular weight is 342 g/mol. The molecule has 7 heteroatoms. The molecule has 0 saturated carbocycles. The van der Waals surface area contributed by atoms with Gasteiger partial charge in [-0.3, -0.25) is 14.9 Å². The van der Waals surface area contributed by atoms with Crippen LogP contribution in [-0.2, 0) is 4.79 Å². The zero-order chi connectivity index (χ0) is 14.8. The monoisotopic (exact) mass is 341 g/mol. The number of nitro benzene ring substituents is 1. The molecule has 1 aliphatic heterocycles. The largest absolute Gasteiger partial charge is 0.323 e. The molecule has 1 heterocycles. The van der Waals surface area contributed by atoms with E-state index in [1.54, 1.807) is 6.07 Å². The van der Waals surface area contributed by atoms with Crippen LogP contribution in [0, 0.1) is 10.1 Å². The van der Waals surface area contributed by atoms with E-state index in [1.807, 2.05) is 6.92 Å². The number of benzene rings is 1. The van der Waals surface area contributed by atoms with Crippen LogP contribution < -0.4 is 10.6 Å². The van der Waals surface area contributed by atoms with Crippen LogP contribution in [-0.4, -0.2) is 22.9 Å². The lowest BCUT2D eigenvalue weighted by molar-refractivity contribution is -0.384. The molecular formula is C13H16BrN3O3. The minimum Gasteiger partial charge on any atom is -0.323 e. The van der Waals surface area contributed by atoms with Crippen molar-refractivity contribution in [2.75, 3.05) is 11.9 Å². The lowest BCUT2D eigenvalue weighted by atomic mass is 9.90. The smallest absolute Gasteiger partial charge is 0.271 e. The summed E-state index contributed by atoms with van der Waals surface area (Å²) in [5, 5.41) is 16.8. The van der Waals surface area contributed by atoms with E-state index in [2.05, 4.69) is 26.6 Å². The van der Waals surface area contributed by atoms with Gasteiger partial charge in [0.1, 0.15) is 0 Å². The number of nitro groups is 1. The van der Waals surface area contributed by atoms with Crippen LogP contribution >= 0.6 is 15.9 Å². The molecule has 0 radical (unpaired) electrons. The van der Waals surface area contributed by atoms with Gasteiger partial charge in [0.2, 0.25) is 5.91 Å². The fraction of sp³-hybridized carbons (Fsp3) is 0.462. The summed E-state index contributed by atoms with van der Waals surface area (Å²) < 4.78 is 0.621. The molecule has 1 saturated heterocycles. The molecule has 108 valence electrons. The van der Waals surface area contributed by atoms with Crippen LogP contribution in [0.3, 0.4) is 0 Å². The first-order valence-corrected chi connectivity index (χ1v) is 7.22. The molecule has 2 rings (SSSR count). The molecule has 0 aliphatic carbocycles. The highest BCUT2D eigenvalue weighted by Crippen LogP contribution is 2.29. The fourth-order valence-electron chi connectivity index (χ4n) is 2.23. The van der Waals surface area contributed by atoms with Gasteiger partial charge in [-0.15, -0.1) is 0 Å². The molecule has 1 aromatic carbocycles. The summed E-state index contributed by atoms with van der Waals surface area (Å²) in [5.41, 5.74) is -0.259. The van der Waals surface area contributed by atoms with E-state index in [4.69, 9.17) is 0 Å². The number of carbonyl (C=O) groups excluding carboxylic acids is 1. The standard InChI is InChI=1S/C13H16BrN3O3/c1-13(6-2-3-7-15-13)12(18)16-11-8-9(17(19)20)4-5-10(11)14/h4-5,8,15H,2-3,6-7H2,1H3,(H,16,18). The first kappa shape index (κ1) is 14.9. The van der Waals surface area contributed by atoms with Crippen molar-refractivity contribution in [2.24, 2.45) is 0 Å². The average Bonchev–Trinajstić information content (AvgIpc) is 2.41. The first-order chi connectivity index (χ1) is 9.42. The van der Waals surface area contributed by atoms with E-state index in [0.717, 1.165) is 25.8 Å². The number of carbonyl (C=O) groups is 1. The number of halogens is 1. The van der Waals surface area contributed by atoms with E-state index < -0.39 is 10.5 Å². The quantitative estimate of drug-likeness (QED) is 0.653. The third kappa shape index (κ3) is 3.16. The maximum atomic E-state index is 12.4. The lowest BCUT2D eigenvalue weighted by Gasteiger charge is -2.33. The van der Waals surface area contributed by atoms with Crippen molar-refractivity contribution in [1.29, 1.82) is 0 Å². The molecule has 6 nitrogen and oxygen atoms in total. The Kier molecular flexibility index (Phi) is 4.39. The summed E-state index contributed by atoms with van der Waals surface area (Å²) in [4.78, 5) is 22.7. The van der Waals surface area contributed by atoms with E-state index in [-0.39, 0.29) is 11.6 Å². The number of amides is 1. The van der Waals surface area contributed by atoms with E-state index in [0.29, 0.717) is 10.2 Å².